The Morgan fingerprint density at radius 2 is 0.503 bits per heavy atom. The van der Waals surface area contributed by atoms with Crippen molar-refractivity contribution in [3.63, 3.8) is 0 Å². The summed E-state index contributed by atoms with van der Waals surface area (Å²) in [7, 11) is -15.4. The summed E-state index contributed by atoms with van der Waals surface area (Å²) in [5, 5.41) is 44.4. The van der Waals surface area contributed by atoms with E-state index in [1.165, 1.54) is 0 Å². The van der Waals surface area contributed by atoms with E-state index in [2.05, 4.69) is 124 Å². The van der Waals surface area contributed by atoms with E-state index in [9.17, 15) is 52.4 Å². The Hall–Kier alpha value is -3.23. The van der Waals surface area contributed by atoms with E-state index in [-0.39, 0.29) is 89.6 Å². The number of carbonyl (C=O) groups excluding carboxylic acids is 1. The smallest absolute Gasteiger partial charge is 0.481 e. The minimum Gasteiger partial charge on any atom is -0.481 e. The molecule has 0 aliphatic rings. The molecule has 0 aromatic heterocycles. The van der Waals surface area contributed by atoms with Crippen LogP contribution < -0.4 is 0 Å². The Morgan fingerprint density at radius 1 is 0.313 bits per heavy atom. The third-order valence-corrected chi connectivity index (χ3v) is 30.2. The molecule has 4 aromatic rings. The summed E-state index contributed by atoms with van der Waals surface area (Å²) in [6.45, 7) is 53.5. The number of aliphatic hydroxyl groups excluding tert-OH is 1. The number of phosphoric ester groups is 3. The number of aliphatic carboxylic acids is 3. The summed E-state index contributed by atoms with van der Waals surface area (Å²) >= 11 is 0. The minimum absolute atomic E-state index is 0. The average Bonchev–Trinajstić information content (AvgIpc) is 0.835. The van der Waals surface area contributed by atoms with Crippen LogP contribution in [0.5, 0.6) is 0 Å². The monoisotopic (exact) mass is 2330 g/mol. The second-order valence-corrected chi connectivity index (χ2v) is 43.4. The molecule has 4 aromatic carbocycles. The van der Waals surface area contributed by atoms with E-state index >= 15 is 0 Å². The first-order chi connectivity index (χ1) is 68.3. The molecule has 25 nitrogen and oxygen atoms in total. The number of carboxylic acids is 3. The van der Waals surface area contributed by atoms with E-state index in [0.29, 0.717) is 132 Å². The van der Waals surface area contributed by atoms with Gasteiger partial charge >= 0.3 is 55.5 Å². The average molecular weight is 2330 g/mol. The van der Waals surface area contributed by atoms with Gasteiger partial charge in [0.15, 0.2) is 6.29 Å². The summed E-state index contributed by atoms with van der Waals surface area (Å²) in [4.78, 5) is 85.8. The van der Waals surface area contributed by atoms with Gasteiger partial charge in [-0.2, -0.15) is 4.89 Å². The Labute approximate surface area is 933 Å². The van der Waals surface area contributed by atoms with Gasteiger partial charge in [-0.15, -0.1) is 15.6 Å². The molecule has 13 atom stereocenters. The third-order valence-electron chi connectivity index (χ3n) is 26.0. The third kappa shape index (κ3) is 83.8. The van der Waals surface area contributed by atoms with E-state index in [1.807, 2.05) is 162 Å². The fraction of sp³-hybridized carbons (Fsp3) is 0.719. The van der Waals surface area contributed by atoms with Crippen molar-refractivity contribution in [2.45, 2.75) is 426 Å². The quantitative estimate of drug-likeness (QED) is 0.00858. The van der Waals surface area contributed by atoms with Gasteiger partial charge in [0, 0.05) is 71.9 Å². The maximum absolute atomic E-state index is 13.0. The first kappa shape index (κ1) is 159. The number of rotatable bonds is 75. The van der Waals surface area contributed by atoms with Gasteiger partial charge in [-0.1, -0.05) is 439 Å². The maximum atomic E-state index is 13.0. The van der Waals surface area contributed by atoms with Crippen LogP contribution in [0.4, 0.5) is 0 Å². The van der Waals surface area contributed by atoms with Crippen LogP contribution in [-0.2, 0) is 140 Å². The first-order valence-corrected chi connectivity index (χ1v) is 60.8. The van der Waals surface area contributed by atoms with Gasteiger partial charge in [-0.05, 0) is 166 Å². The molecule has 0 amide bonds. The second-order valence-electron chi connectivity index (χ2n) is 37.4. The van der Waals surface area contributed by atoms with Crippen molar-refractivity contribution < 1.29 is 185 Å². The van der Waals surface area contributed by atoms with Crippen LogP contribution >= 0.6 is 31.6 Å². The van der Waals surface area contributed by atoms with Gasteiger partial charge < -0.3 is 40.2 Å². The van der Waals surface area contributed by atoms with Crippen LogP contribution in [0, 0.1) is 53.3 Å². The van der Waals surface area contributed by atoms with Gasteiger partial charge in [-0.25, -0.2) is 23.0 Å². The summed E-state index contributed by atoms with van der Waals surface area (Å²) in [5.41, 5.74) is 4.41. The first-order valence-electron chi connectivity index (χ1n) is 54.8. The van der Waals surface area contributed by atoms with Gasteiger partial charge in [0.05, 0.1) is 63.3 Å². The number of carboxylic acid groups (broad SMARTS) is 3. The SMILES string of the molecule is C=CCCC(=C)C(CC)C(O)O.CCC(C(=O)O)c1ccccc1.CCC(C(=O)O)c1ccccc1.CCC(C(=O)O)c1ccccc1.CCCCC(CC)COP(=O)(O)OCC(CC)CCCC.CCCCC(CC)COP(=O)(O)OCC(CC)CCCC.CCCCC(CC)COP(=O)(O)OCC(CC)CCCC.CCCCC(CC)CO[P+](O)(OCC(CC)CCCC)OC(=O)C(CC)c1ccccc1.[Ni].[Ni].[Ni].[Ni]. The molecule has 0 saturated heterocycles. The minimum atomic E-state index is -3.89. The molecule has 0 heterocycles. The number of phosphoric acid groups is 3. The van der Waals surface area contributed by atoms with Crippen molar-refractivity contribution in [3.8, 4) is 0 Å². The van der Waals surface area contributed by atoms with Crippen LogP contribution in [0.3, 0.4) is 0 Å². The Kier molecular flexibility index (Phi) is 112. The molecule has 0 radical (unpaired) electrons. The molecule has 0 aliphatic heterocycles. The number of benzene rings is 4. The molecular weight excluding hydrogens is 2130 g/mol. The second kappa shape index (κ2) is 103. The Bertz CT molecular complexity index is 3460. The van der Waals surface area contributed by atoms with Crippen LogP contribution in [0.25, 0.3) is 0 Å². The number of carbonyl (C=O) groups is 4. The molecule has 4 rings (SSSR count). The van der Waals surface area contributed by atoms with Crippen LogP contribution in [0.2, 0.25) is 0 Å². The van der Waals surface area contributed by atoms with Crippen molar-refractivity contribution >= 4 is 55.5 Å². The van der Waals surface area contributed by atoms with E-state index in [0.717, 1.165) is 246 Å². The summed E-state index contributed by atoms with van der Waals surface area (Å²) in [5.74, 6) is -1.77. The molecule has 33 heteroatoms. The summed E-state index contributed by atoms with van der Waals surface area (Å²) < 4.78 is 84.1. The van der Waals surface area contributed by atoms with Gasteiger partial charge in [0.1, 0.15) is 13.2 Å². The number of aliphatic hydroxyl groups is 2. The normalized spacial score (nSPS) is 15.1. The van der Waals surface area contributed by atoms with Crippen LogP contribution in [-0.4, -0.2) is 128 Å². The zero-order valence-corrected chi connectivity index (χ0v) is 101. The van der Waals surface area contributed by atoms with E-state index in [1.54, 1.807) is 0 Å². The molecule has 0 spiro atoms. The number of hydrogen-bond donors (Lipinski definition) is 9. The molecular formula is C114H205Ni4O25P4+. The van der Waals surface area contributed by atoms with Crippen molar-refractivity contribution in [2.24, 2.45) is 53.3 Å². The fourth-order valence-corrected chi connectivity index (χ4v) is 19.2. The van der Waals surface area contributed by atoms with E-state index < -0.39 is 67.7 Å². The maximum Gasteiger partial charge on any atom is 0.622 e. The van der Waals surface area contributed by atoms with Crippen molar-refractivity contribution in [1.29, 1.82) is 0 Å². The number of unbranched alkanes of at least 4 members (excludes halogenated alkanes) is 8. The van der Waals surface area contributed by atoms with Crippen LogP contribution in [0.1, 0.15) is 442 Å². The van der Waals surface area contributed by atoms with Crippen LogP contribution in [0.15, 0.2) is 146 Å². The topological polar surface area (TPSA) is 385 Å². The van der Waals surface area contributed by atoms with Gasteiger partial charge in [0.2, 0.25) is 0 Å². The summed E-state index contributed by atoms with van der Waals surface area (Å²) in [6, 6.07) is 37.5. The van der Waals surface area contributed by atoms with Crippen molar-refractivity contribution in [1.82, 2.24) is 0 Å². The van der Waals surface area contributed by atoms with Gasteiger partial charge in [0.25, 0.3) is 0 Å². The molecule has 0 fully saturated rings. The molecule has 0 aliphatic carbocycles. The molecule has 0 bridgehead atoms. The van der Waals surface area contributed by atoms with E-state index in [4.69, 9.17) is 66.2 Å². The molecule has 13 unspecified atom stereocenters. The van der Waals surface area contributed by atoms with Crippen molar-refractivity contribution in [3.05, 3.63) is 168 Å². The molecule has 147 heavy (non-hydrogen) atoms. The number of allylic oxidation sites excluding steroid dienone is 1. The summed E-state index contributed by atoms with van der Waals surface area (Å²) in [6.07, 6.45) is 39.5. The standard InChI is InChI=1S/C26H46O5P.3C16H35O4P.3C10H12O2.C10H18O2.4Ni/c1-6-11-16-22(8-3)20-29-32(28,30-21-23(9-4)17-12-7-2)31-26(27)25(10-5)24-18-14-13-15-19-24;3*1-5-9-11-15(7-3)13-19-21(17,18)20-14-16(8-4)12-10-6-2;3*1-2-9(10(11)12)8-6-4-3-5-7-8;1-4-6-7-8(3)9(5-2)10(11)12;;;;/h13-15,18-19,22-23,25,28H,6-12,16-17,20-21H2,1-5H3;3*15-16H,5-14H2,1-4H3,(H,17,18);3*3-7,9H,2H2,1H3,(H,11,12);4,9-12H,1,3,5-7H2,2H3;;;;/q+1;;;;;;;;;;;. The predicted molar refractivity (Wildman–Crippen MR) is 590 cm³/mol. The molecule has 9 N–H and O–H groups in total. The molecule has 0 saturated carbocycles. The Balaban J connectivity index is -0.000000255. The fourth-order valence-electron chi connectivity index (χ4n) is 15.3. The zero-order chi connectivity index (χ0) is 109. The molecule has 870 valence electrons. The van der Waals surface area contributed by atoms with Gasteiger partial charge in [-0.3, -0.25) is 41.5 Å². The number of hydrogen-bond acceptors (Lipinski definition) is 19. The van der Waals surface area contributed by atoms with Crippen molar-refractivity contribution in [2.75, 3.05) is 52.9 Å². The Morgan fingerprint density at radius 3 is 0.660 bits per heavy atom. The predicted octanol–water partition coefficient (Wildman–Crippen LogP) is 33.1. The largest absolute Gasteiger partial charge is 0.622 e. The zero-order valence-electron chi connectivity index (χ0n) is 94.0.